The van der Waals surface area contributed by atoms with Gasteiger partial charge in [0.15, 0.2) is 0 Å². The number of hydrogen-bond acceptors (Lipinski definition) is 3. The van der Waals surface area contributed by atoms with Crippen molar-refractivity contribution in [1.29, 1.82) is 5.26 Å². The van der Waals surface area contributed by atoms with E-state index in [1.807, 2.05) is 49.4 Å². The molecule has 4 nitrogen and oxygen atoms in total. The van der Waals surface area contributed by atoms with Crippen LogP contribution in [-0.4, -0.2) is 11.6 Å². The van der Waals surface area contributed by atoms with Gasteiger partial charge in [-0.3, -0.25) is 0 Å². The fourth-order valence-corrected chi connectivity index (χ4v) is 2.62. The molecule has 4 heteroatoms. The van der Waals surface area contributed by atoms with Crippen molar-refractivity contribution in [2.45, 2.75) is 13.5 Å². The fourth-order valence-electron chi connectivity index (χ4n) is 2.62. The summed E-state index contributed by atoms with van der Waals surface area (Å²) in [5, 5.41) is 10.4. The van der Waals surface area contributed by atoms with Gasteiger partial charge in [-0.25, -0.2) is 0 Å². The van der Waals surface area contributed by atoms with Crippen molar-refractivity contribution >= 4 is 16.6 Å². The van der Waals surface area contributed by atoms with Crippen molar-refractivity contribution in [2.24, 2.45) is 0 Å². The molecule has 22 heavy (non-hydrogen) atoms. The van der Waals surface area contributed by atoms with E-state index in [2.05, 4.69) is 11.1 Å². The molecule has 3 rings (SSSR count). The van der Waals surface area contributed by atoms with Crippen molar-refractivity contribution in [3.05, 3.63) is 53.6 Å². The van der Waals surface area contributed by atoms with Crippen LogP contribution in [-0.2, 0) is 11.3 Å². The molecular weight excluding hydrogens is 274 g/mol. The first-order chi connectivity index (χ1) is 10.7. The SMILES string of the molecule is CCOCc1cc(N)c2[nH]c(-c3ccccc3)cc2c1C#N. The number of anilines is 1. The normalized spacial score (nSPS) is 10.7. The number of rotatable bonds is 4. The summed E-state index contributed by atoms with van der Waals surface area (Å²) < 4.78 is 5.44. The topological polar surface area (TPSA) is 74.8 Å². The number of nitriles is 1. The minimum absolute atomic E-state index is 0.394. The third kappa shape index (κ3) is 2.43. The van der Waals surface area contributed by atoms with Crippen molar-refractivity contribution in [1.82, 2.24) is 4.98 Å². The molecule has 2 aromatic carbocycles. The molecule has 0 saturated carbocycles. The number of H-pyrrole nitrogens is 1. The zero-order valence-electron chi connectivity index (χ0n) is 12.4. The van der Waals surface area contributed by atoms with Gasteiger partial charge in [0.25, 0.3) is 0 Å². The number of benzene rings is 2. The molecule has 0 unspecified atom stereocenters. The lowest BCUT2D eigenvalue weighted by Crippen LogP contribution is -1.99. The molecular formula is C18H17N3O. The van der Waals surface area contributed by atoms with Crippen molar-refractivity contribution in [2.75, 3.05) is 12.3 Å². The first kappa shape index (κ1) is 14.2. The predicted octanol–water partition coefficient (Wildman–Crippen LogP) is 3.83. The van der Waals surface area contributed by atoms with E-state index >= 15 is 0 Å². The van der Waals surface area contributed by atoms with Crippen LogP contribution >= 0.6 is 0 Å². The van der Waals surface area contributed by atoms with Gasteiger partial charge in [0.2, 0.25) is 0 Å². The van der Waals surface area contributed by atoms with Gasteiger partial charge in [-0.1, -0.05) is 30.3 Å². The summed E-state index contributed by atoms with van der Waals surface area (Å²) in [6.45, 7) is 2.92. The standard InChI is InChI=1S/C18H17N3O/c1-2-22-11-13-8-16(20)18-14(15(13)10-19)9-17(21-18)12-6-4-3-5-7-12/h3-9,21H,2,11,20H2,1H3. The Bertz CT molecular complexity index is 844. The van der Waals surface area contributed by atoms with E-state index < -0.39 is 0 Å². The molecule has 0 spiro atoms. The molecule has 0 bridgehead atoms. The second-order valence-corrected chi connectivity index (χ2v) is 5.09. The van der Waals surface area contributed by atoms with Crippen LogP contribution in [0, 0.1) is 11.3 Å². The average Bonchev–Trinajstić information content (AvgIpc) is 2.99. The molecule has 0 aliphatic rings. The van der Waals surface area contributed by atoms with Gasteiger partial charge in [0, 0.05) is 17.7 Å². The number of nitrogens with two attached hydrogens (primary N) is 1. The number of nitrogens with zero attached hydrogens (tertiary/aromatic N) is 1. The summed E-state index contributed by atoms with van der Waals surface area (Å²) >= 11 is 0. The van der Waals surface area contributed by atoms with E-state index in [0.29, 0.717) is 24.5 Å². The lowest BCUT2D eigenvalue weighted by molar-refractivity contribution is 0.134. The molecule has 0 fully saturated rings. The Kier molecular flexibility index (Phi) is 3.82. The Labute approximate surface area is 129 Å². The highest BCUT2D eigenvalue weighted by Crippen LogP contribution is 2.32. The Morgan fingerprint density at radius 3 is 2.68 bits per heavy atom. The van der Waals surface area contributed by atoms with Crippen LogP contribution in [0.5, 0.6) is 0 Å². The predicted molar refractivity (Wildman–Crippen MR) is 88.2 cm³/mol. The molecule has 3 N–H and O–H groups in total. The van der Waals surface area contributed by atoms with E-state index in [-0.39, 0.29) is 0 Å². The lowest BCUT2D eigenvalue weighted by atomic mass is 10.0. The molecule has 110 valence electrons. The largest absolute Gasteiger partial charge is 0.397 e. The van der Waals surface area contributed by atoms with E-state index in [0.717, 1.165) is 27.7 Å². The highest BCUT2D eigenvalue weighted by atomic mass is 16.5. The zero-order valence-corrected chi connectivity index (χ0v) is 12.4. The molecule has 1 heterocycles. The minimum atomic E-state index is 0.394. The van der Waals surface area contributed by atoms with Crippen LogP contribution in [0.25, 0.3) is 22.2 Å². The number of fused-ring (bicyclic) bond motifs is 1. The van der Waals surface area contributed by atoms with Crippen LogP contribution in [0.1, 0.15) is 18.1 Å². The minimum Gasteiger partial charge on any atom is -0.397 e. The van der Waals surface area contributed by atoms with Crippen molar-refractivity contribution in [3.8, 4) is 17.3 Å². The summed E-state index contributed by atoms with van der Waals surface area (Å²) in [4.78, 5) is 3.32. The monoisotopic (exact) mass is 291 g/mol. The Morgan fingerprint density at radius 1 is 1.23 bits per heavy atom. The number of nitrogens with one attached hydrogen (secondary N) is 1. The summed E-state index contributed by atoms with van der Waals surface area (Å²) in [6.07, 6.45) is 0. The number of hydrogen-bond donors (Lipinski definition) is 2. The summed E-state index contributed by atoms with van der Waals surface area (Å²) in [5.74, 6) is 0. The van der Waals surface area contributed by atoms with Gasteiger partial charge in [-0.2, -0.15) is 5.26 Å². The zero-order chi connectivity index (χ0) is 15.5. The highest BCUT2D eigenvalue weighted by molar-refractivity contribution is 5.98. The molecule has 1 aromatic heterocycles. The maximum Gasteiger partial charge on any atom is 0.100 e. The van der Waals surface area contributed by atoms with Crippen LogP contribution in [0.15, 0.2) is 42.5 Å². The molecule has 0 amide bonds. The smallest absolute Gasteiger partial charge is 0.100 e. The lowest BCUT2D eigenvalue weighted by Gasteiger charge is -2.07. The molecule has 0 saturated heterocycles. The molecule has 0 aliphatic carbocycles. The molecule has 0 radical (unpaired) electrons. The number of nitrogen functional groups attached to an aromatic ring is 1. The van der Waals surface area contributed by atoms with E-state index in [9.17, 15) is 5.26 Å². The molecule has 0 aliphatic heterocycles. The number of aromatic amines is 1. The van der Waals surface area contributed by atoms with Crippen molar-refractivity contribution in [3.63, 3.8) is 0 Å². The maximum absolute atomic E-state index is 9.53. The third-order valence-electron chi connectivity index (χ3n) is 3.68. The van der Waals surface area contributed by atoms with Crippen LogP contribution < -0.4 is 5.73 Å². The quantitative estimate of drug-likeness (QED) is 0.717. The van der Waals surface area contributed by atoms with Crippen LogP contribution in [0.2, 0.25) is 0 Å². The van der Waals surface area contributed by atoms with Crippen LogP contribution in [0.3, 0.4) is 0 Å². The van der Waals surface area contributed by atoms with Gasteiger partial charge in [-0.15, -0.1) is 0 Å². The first-order valence-electron chi connectivity index (χ1n) is 7.22. The Morgan fingerprint density at radius 2 is 2.00 bits per heavy atom. The summed E-state index contributed by atoms with van der Waals surface area (Å²) in [6, 6.07) is 16.1. The average molecular weight is 291 g/mol. The molecule has 0 atom stereocenters. The van der Waals surface area contributed by atoms with Crippen LogP contribution in [0.4, 0.5) is 5.69 Å². The summed E-state index contributed by atoms with van der Waals surface area (Å²) in [5.41, 5.74) is 11.0. The van der Waals surface area contributed by atoms with Gasteiger partial charge >= 0.3 is 0 Å². The van der Waals surface area contributed by atoms with E-state index in [4.69, 9.17) is 10.5 Å². The fraction of sp³-hybridized carbons (Fsp3) is 0.167. The second-order valence-electron chi connectivity index (χ2n) is 5.09. The van der Waals surface area contributed by atoms with E-state index in [1.54, 1.807) is 0 Å². The van der Waals surface area contributed by atoms with Gasteiger partial charge in [0.05, 0.1) is 23.4 Å². The summed E-state index contributed by atoms with van der Waals surface area (Å²) in [7, 11) is 0. The third-order valence-corrected chi connectivity index (χ3v) is 3.68. The van der Waals surface area contributed by atoms with Gasteiger partial charge < -0.3 is 15.5 Å². The Hall–Kier alpha value is -2.77. The number of ether oxygens (including phenoxy) is 1. The Balaban J connectivity index is 2.19. The highest BCUT2D eigenvalue weighted by Gasteiger charge is 2.14. The van der Waals surface area contributed by atoms with Gasteiger partial charge in [-0.05, 0) is 30.2 Å². The number of aromatic nitrogens is 1. The molecule has 3 aromatic rings. The van der Waals surface area contributed by atoms with Gasteiger partial charge in [0.1, 0.15) is 6.07 Å². The second kappa shape index (κ2) is 5.92. The maximum atomic E-state index is 9.53. The van der Waals surface area contributed by atoms with E-state index in [1.165, 1.54) is 0 Å². The van der Waals surface area contributed by atoms with Crippen molar-refractivity contribution < 1.29 is 4.74 Å². The first-order valence-corrected chi connectivity index (χ1v) is 7.22.